The second-order valence-corrected chi connectivity index (χ2v) is 6.89. The van der Waals surface area contributed by atoms with Gasteiger partial charge in [-0.3, -0.25) is 9.36 Å². The summed E-state index contributed by atoms with van der Waals surface area (Å²) in [6.45, 7) is 3.61. The number of aromatic nitrogens is 3. The van der Waals surface area contributed by atoms with Gasteiger partial charge in [-0.05, 0) is 38.8 Å². The molecule has 1 aliphatic heterocycles. The van der Waals surface area contributed by atoms with Crippen molar-refractivity contribution >= 4 is 11.7 Å². The van der Waals surface area contributed by atoms with E-state index in [-0.39, 0.29) is 18.2 Å². The number of nitrogens with one attached hydrogen (secondary N) is 1. The van der Waals surface area contributed by atoms with Crippen LogP contribution in [-0.2, 0) is 16.0 Å². The zero-order chi connectivity index (χ0) is 20.4. The molecule has 0 saturated heterocycles. The largest absolute Gasteiger partial charge is 0.464 e. The normalized spacial score (nSPS) is 16.6. The lowest BCUT2D eigenvalue weighted by Crippen LogP contribution is -2.34. The Morgan fingerprint density at radius 2 is 2.17 bits per heavy atom. The van der Waals surface area contributed by atoms with Crippen LogP contribution in [0.15, 0.2) is 52.1 Å². The van der Waals surface area contributed by atoms with E-state index in [9.17, 15) is 9.59 Å². The van der Waals surface area contributed by atoms with Crippen molar-refractivity contribution < 1.29 is 13.9 Å². The summed E-state index contributed by atoms with van der Waals surface area (Å²) in [6, 6.07) is 8.71. The van der Waals surface area contributed by atoms with Gasteiger partial charge in [-0.2, -0.15) is 0 Å². The van der Waals surface area contributed by atoms with Crippen molar-refractivity contribution in [3.05, 3.63) is 64.7 Å². The van der Waals surface area contributed by atoms with Crippen LogP contribution in [0.4, 0.5) is 5.69 Å². The summed E-state index contributed by atoms with van der Waals surface area (Å²) in [5, 5.41) is 3.24. The highest BCUT2D eigenvalue weighted by Crippen LogP contribution is 2.31. The van der Waals surface area contributed by atoms with Gasteiger partial charge in [0.25, 0.3) is 5.56 Å². The van der Waals surface area contributed by atoms with E-state index in [1.54, 1.807) is 20.1 Å². The van der Waals surface area contributed by atoms with E-state index < -0.39 is 12.0 Å². The number of ether oxygens (including phenoxy) is 1. The molecule has 1 aromatic carbocycles. The number of anilines is 1. The molecule has 0 amide bonds. The van der Waals surface area contributed by atoms with Gasteiger partial charge < -0.3 is 14.5 Å². The predicted octanol–water partition coefficient (Wildman–Crippen LogP) is 3.12. The highest BCUT2D eigenvalue weighted by Gasteiger charge is 2.28. The fourth-order valence-electron chi connectivity index (χ4n) is 3.40. The Balaban J connectivity index is 1.60. The number of esters is 1. The highest BCUT2D eigenvalue weighted by atomic mass is 16.5. The monoisotopic (exact) mass is 394 g/mol. The molecule has 2 unspecified atom stereocenters. The third kappa shape index (κ3) is 3.65. The first-order chi connectivity index (χ1) is 14.1. The van der Waals surface area contributed by atoms with Gasteiger partial charge >= 0.3 is 5.97 Å². The van der Waals surface area contributed by atoms with Gasteiger partial charge in [0.2, 0.25) is 5.89 Å². The second kappa shape index (κ2) is 7.90. The molecule has 29 heavy (non-hydrogen) atoms. The Kier molecular flexibility index (Phi) is 5.16. The molecule has 0 radical (unpaired) electrons. The number of oxazole rings is 1. The lowest BCUT2D eigenvalue weighted by molar-refractivity contribution is -0.146. The van der Waals surface area contributed by atoms with Crippen molar-refractivity contribution in [2.24, 2.45) is 0 Å². The van der Waals surface area contributed by atoms with E-state index in [1.165, 1.54) is 10.9 Å². The number of nitrogens with zero attached hydrogens (tertiary/aromatic N) is 3. The molecule has 0 saturated carbocycles. The molecule has 1 aliphatic rings. The Morgan fingerprint density at radius 3 is 2.93 bits per heavy atom. The Bertz CT molecular complexity index is 1070. The summed E-state index contributed by atoms with van der Waals surface area (Å²) in [5.74, 6) is 0.0699. The van der Waals surface area contributed by atoms with E-state index in [4.69, 9.17) is 9.15 Å². The summed E-state index contributed by atoms with van der Waals surface area (Å²) >= 11 is 0. The summed E-state index contributed by atoms with van der Waals surface area (Å²) < 4.78 is 12.0. The lowest BCUT2D eigenvalue weighted by Gasteiger charge is -2.25. The molecule has 8 nitrogen and oxygen atoms in total. The van der Waals surface area contributed by atoms with Crippen LogP contribution in [-0.4, -0.2) is 27.1 Å². The molecule has 4 rings (SSSR count). The first-order valence-electron chi connectivity index (χ1n) is 9.62. The standard InChI is InChI=1S/C21H22N4O4/c1-3-28-21(27)13(2)25-12-22-16-10-9-15(23-18(16)20(25)26)17-11-29-19(24-17)14-7-5-4-6-8-14/h4-8,11-13,15,23H,3,9-10H2,1-2H3. The minimum absolute atomic E-state index is 0.174. The number of carbonyl (C=O) groups excluding carboxylic acids is 1. The number of fused-ring (bicyclic) bond motifs is 1. The molecule has 2 aromatic heterocycles. The molecule has 3 heterocycles. The summed E-state index contributed by atoms with van der Waals surface area (Å²) in [7, 11) is 0. The number of hydrogen-bond donors (Lipinski definition) is 1. The summed E-state index contributed by atoms with van der Waals surface area (Å²) in [4.78, 5) is 34.0. The van der Waals surface area contributed by atoms with Gasteiger partial charge in [0.1, 0.15) is 23.7 Å². The molecular formula is C21H22N4O4. The van der Waals surface area contributed by atoms with Gasteiger partial charge in [0.15, 0.2) is 0 Å². The molecule has 150 valence electrons. The van der Waals surface area contributed by atoms with Crippen molar-refractivity contribution in [1.82, 2.24) is 14.5 Å². The molecule has 0 fully saturated rings. The van der Waals surface area contributed by atoms with Crippen LogP contribution in [0.25, 0.3) is 11.5 Å². The molecule has 1 N–H and O–H groups in total. The zero-order valence-corrected chi connectivity index (χ0v) is 16.3. The Labute approximate surface area is 167 Å². The van der Waals surface area contributed by atoms with Crippen molar-refractivity contribution in [3.63, 3.8) is 0 Å². The SMILES string of the molecule is CCOC(=O)C(C)n1cnc2c(c1=O)NC(c1coc(-c3ccccc3)n1)CC2. The number of rotatable bonds is 5. The number of benzene rings is 1. The molecule has 0 aliphatic carbocycles. The van der Waals surface area contributed by atoms with Crippen LogP contribution in [0.2, 0.25) is 0 Å². The van der Waals surface area contributed by atoms with Crippen LogP contribution in [0.3, 0.4) is 0 Å². The van der Waals surface area contributed by atoms with Gasteiger partial charge in [-0.25, -0.2) is 14.8 Å². The predicted molar refractivity (Wildman–Crippen MR) is 106 cm³/mol. The molecule has 0 bridgehead atoms. The van der Waals surface area contributed by atoms with Crippen LogP contribution < -0.4 is 10.9 Å². The average Bonchev–Trinajstić information content (AvgIpc) is 3.24. The summed E-state index contributed by atoms with van der Waals surface area (Å²) in [5.41, 5.74) is 2.39. The van der Waals surface area contributed by atoms with Crippen LogP contribution in [0.5, 0.6) is 0 Å². The van der Waals surface area contributed by atoms with Crippen molar-refractivity contribution in [2.75, 3.05) is 11.9 Å². The fraction of sp³-hybridized carbons (Fsp3) is 0.333. The molecule has 0 spiro atoms. The fourth-order valence-corrected chi connectivity index (χ4v) is 3.40. The maximum Gasteiger partial charge on any atom is 0.328 e. The molecular weight excluding hydrogens is 372 g/mol. The second-order valence-electron chi connectivity index (χ2n) is 6.89. The lowest BCUT2D eigenvalue weighted by atomic mass is 10.0. The minimum Gasteiger partial charge on any atom is -0.464 e. The average molecular weight is 394 g/mol. The van der Waals surface area contributed by atoms with E-state index in [0.717, 1.165) is 17.7 Å². The first kappa shape index (κ1) is 18.9. The Morgan fingerprint density at radius 1 is 1.38 bits per heavy atom. The van der Waals surface area contributed by atoms with E-state index in [2.05, 4.69) is 15.3 Å². The van der Waals surface area contributed by atoms with Crippen LogP contribution in [0, 0.1) is 0 Å². The van der Waals surface area contributed by atoms with Crippen molar-refractivity contribution in [1.29, 1.82) is 0 Å². The maximum absolute atomic E-state index is 13.0. The number of hydrogen-bond acceptors (Lipinski definition) is 7. The topological polar surface area (TPSA) is 99.2 Å². The highest BCUT2D eigenvalue weighted by molar-refractivity contribution is 5.73. The third-order valence-electron chi connectivity index (χ3n) is 5.01. The van der Waals surface area contributed by atoms with E-state index in [0.29, 0.717) is 23.7 Å². The van der Waals surface area contributed by atoms with Crippen molar-refractivity contribution in [3.8, 4) is 11.5 Å². The Hall–Kier alpha value is -3.42. The quantitative estimate of drug-likeness (QED) is 0.664. The number of aryl methyl sites for hydroxylation is 1. The molecule has 8 heteroatoms. The van der Waals surface area contributed by atoms with Gasteiger partial charge in [0.05, 0.1) is 24.7 Å². The van der Waals surface area contributed by atoms with E-state index in [1.807, 2.05) is 30.3 Å². The molecule has 2 atom stereocenters. The van der Waals surface area contributed by atoms with Crippen LogP contribution >= 0.6 is 0 Å². The first-order valence-corrected chi connectivity index (χ1v) is 9.62. The maximum atomic E-state index is 13.0. The third-order valence-corrected chi connectivity index (χ3v) is 5.01. The number of carbonyl (C=O) groups is 1. The van der Waals surface area contributed by atoms with Crippen LogP contribution in [0.1, 0.15) is 43.7 Å². The molecule has 3 aromatic rings. The van der Waals surface area contributed by atoms with Crippen molar-refractivity contribution in [2.45, 2.75) is 38.8 Å². The van der Waals surface area contributed by atoms with Gasteiger partial charge in [0, 0.05) is 5.56 Å². The minimum atomic E-state index is -0.751. The van der Waals surface area contributed by atoms with E-state index >= 15 is 0 Å². The smallest absolute Gasteiger partial charge is 0.328 e. The zero-order valence-electron chi connectivity index (χ0n) is 16.3. The van der Waals surface area contributed by atoms with Gasteiger partial charge in [-0.15, -0.1) is 0 Å². The van der Waals surface area contributed by atoms with Gasteiger partial charge in [-0.1, -0.05) is 18.2 Å². The summed E-state index contributed by atoms with van der Waals surface area (Å²) in [6.07, 6.45) is 4.39.